The number of hydrogen-bond donors (Lipinski definition) is 1. The maximum atomic E-state index is 12.2. The van der Waals surface area contributed by atoms with Crippen molar-refractivity contribution in [3.63, 3.8) is 0 Å². The van der Waals surface area contributed by atoms with Gasteiger partial charge in [-0.25, -0.2) is 0 Å². The van der Waals surface area contributed by atoms with E-state index < -0.39 is 4.92 Å². The number of amides is 1. The van der Waals surface area contributed by atoms with Crippen molar-refractivity contribution in [1.82, 2.24) is 10.2 Å². The highest BCUT2D eigenvalue weighted by Gasteiger charge is 2.19. The Hall–Kier alpha value is -3.33. The van der Waals surface area contributed by atoms with Crippen molar-refractivity contribution in [1.29, 1.82) is 0 Å². The lowest BCUT2D eigenvalue weighted by molar-refractivity contribution is -0.384. The molecule has 0 bridgehead atoms. The lowest BCUT2D eigenvalue weighted by atomic mass is 10.2. The van der Waals surface area contributed by atoms with E-state index >= 15 is 0 Å². The fraction of sp³-hybridized carbons (Fsp3) is 0.381. The molecular formula is C21H26N4O5. The average Bonchev–Trinajstić information content (AvgIpc) is 2.77. The zero-order valence-electron chi connectivity index (χ0n) is 17.0. The van der Waals surface area contributed by atoms with Gasteiger partial charge in [-0.15, -0.1) is 0 Å². The van der Waals surface area contributed by atoms with Crippen molar-refractivity contribution in [2.45, 2.75) is 0 Å². The number of non-ortho nitro benzene ring substituents is 1. The van der Waals surface area contributed by atoms with Gasteiger partial charge >= 0.3 is 0 Å². The molecule has 160 valence electrons. The Bertz CT molecular complexity index is 851. The Morgan fingerprint density at radius 2 is 1.73 bits per heavy atom. The summed E-state index contributed by atoms with van der Waals surface area (Å²) in [6.07, 6.45) is 0. The van der Waals surface area contributed by atoms with Gasteiger partial charge in [0.2, 0.25) is 5.91 Å². The van der Waals surface area contributed by atoms with Gasteiger partial charge in [0.1, 0.15) is 6.61 Å². The van der Waals surface area contributed by atoms with Crippen LogP contribution >= 0.6 is 0 Å². The van der Waals surface area contributed by atoms with Gasteiger partial charge in [-0.2, -0.15) is 0 Å². The Morgan fingerprint density at radius 1 is 1.07 bits per heavy atom. The molecule has 0 atom stereocenters. The minimum atomic E-state index is -0.401. The van der Waals surface area contributed by atoms with Gasteiger partial charge in [-0.1, -0.05) is 12.1 Å². The van der Waals surface area contributed by atoms with Crippen LogP contribution < -0.4 is 19.7 Å². The molecule has 1 heterocycles. The molecule has 3 rings (SSSR count). The number of benzene rings is 2. The number of nitrogens with one attached hydrogen (secondary N) is 1. The molecule has 1 amide bonds. The van der Waals surface area contributed by atoms with Crippen LogP contribution in [0.25, 0.3) is 0 Å². The molecule has 1 aliphatic rings. The third-order valence-electron chi connectivity index (χ3n) is 4.92. The van der Waals surface area contributed by atoms with Crippen molar-refractivity contribution < 1.29 is 19.2 Å². The van der Waals surface area contributed by atoms with E-state index in [1.54, 1.807) is 19.2 Å². The van der Waals surface area contributed by atoms with Crippen LogP contribution in [0.4, 0.5) is 11.4 Å². The molecule has 1 saturated heterocycles. The van der Waals surface area contributed by atoms with Crippen molar-refractivity contribution >= 4 is 17.3 Å². The van der Waals surface area contributed by atoms with Crippen molar-refractivity contribution in [2.24, 2.45) is 0 Å². The van der Waals surface area contributed by atoms with Gasteiger partial charge in [0, 0.05) is 44.0 Å². The fourth-order valence-electron chi connectivity index (χ4n) is 3.30. The molecule has 1 N–H and O–H groups in total. The first-order valence-electron chi connectivity index (χ1n) is 9.81. The van der Waals surface area contributed by atoms with Crippen LogP contribution in [0.1, 0.15) is 0 Å². The summed E-state index contributed by atoms with van der Waals surface area (Å²) in [5.74, 6) is 1.27. The summed E-state index contributed by atoms with van der Waals surface area (Å²) >= 11 is 0. The third-order valence-corrected chi connectivity index (χ3v) is 4.92. The molecule has 0 spiro atoms. The largest absolute Gasteiger partial charge is 0.493 e. The van der Waals surface area contributed by atoms with E-state index in [4.69, 9.17) is 9.47 Å². The van der Waals surface area contributed by atoms with Crippen LogP contribution in [-0.4, -0.2) is 68.7 Å². The van der Waals surface area contributed by atoms with Crippen molar-refractivity contribution in [2.75, 3.05) is 57.9 Å². The van der Waals surface area contributed by atoms with Crippen molar-refractivity contribution in [3.8, 4) is 11.5 Å². The number of methoxy groups -OCH3 is 1. The van der Waals surface area contributed by atoms with Crippen molar-refractivity contribution in [3.05, 3.63) is 58.6 Å². The molecule has 9 heteroatoms. The van der Waals surface area contributed by atoms with Crippen LogP contribution in [0, 0.1) is 10.1 Å². The van der Waals surface area contributed by atoms with Crippen LogP contribution in [0.2, 0.25) is 0 Å². The van der Waals surface area contributed by atoms with Crippen LogP contribution in [0.5, 0.6) is 11.5 Å². The maximum absolute atomic E-state index is 12.2. The molecular weight excluding hydrogens is 388 g/mol. The molecule has 9 nitrogen and oxygen atoms in total. The summed E-state index contributed by atoms with van der Waals surface area (Å²) < 4.78 is 10.9. The number of para-hydroxylation sites is 2. The smallest absolute Gasteiger partial charge is 0.269 e. The number of rotatable bonds is 9. The molecule has 2 aromatic rings. The van der Waals surface area contributed by atoms with Gasteiger partial charge in [-0.3, -0.25) is 19.8 Å². The fourth-order valence-corrected chi connectivity index (χ4v) is 3.30. The number of piperazine rings is 1. The average molecular weight is 414 g/mol. The van der Waals surface area contributed by atoms with Gasteiger partial charge in [0.05, 0.1) is 25.1 Å². The van der Waals surface area contributed by atoms with E-state index in [1.165, 1.54) is 12.1 Å². The maximum Gasteiger partial charge on any atom is 0.269 e. The number of anilines is 1. The summed E-state index contributed by atoms with van der Waals surface area (Å²) in [5, 5.41) is 13.6. The van der Waals surface area contributed by atoms with E-state index in [9.17, 15) is 14.9 Å². The number of nitrogens with zero attached hydrogens (tertiary/aromatic N) is 3. The Kier molecular flexibility index (Phi) is 7.45. The zero-order valence-corrected chi connectivity index (χ0v) is 17.0. The van der Waals surface area contributed by atoms with Crippen LogP contribution in [0.3, 0.4) is 0 Å². The molecule has 0 aliphatic carbocycles. The minimum Gasteiger partial charge on any atom is -0.493 e. The molecule has 2 aromatic carbocycles. The lowest BCUT2D eigenvalue weighted by Gasteiger charge is -2.35. The Balaban J connectivity index is 1.35. The summed E-state index contributed by atoms with van der Waals surface area (Å²) in [7, 11) is 1.59. The quantitative estimate of drug-likeness (QED) is 0.380. The van der Waals surface area contributed by atoms with E-state index in [0.29, 0.717) is 31.2 Å². The van der Waals surface area contributed by atoms with Crippen LogP contribution in [-0.2, 0) is 4.79 Å². The third kappa shape index (κ3) is 5.84. The Labute approximate surface area is 175 Å². The first-order valence-corrected chi connectivity index (χ1v) is 9.81. The summed E-state index contributed by atoms with van der Waals surface area (Å²) in [6, 6.07) is 14.0. The second kappa shape index (κ2) is 10.4. The highest BCUT2D eigenvalue weighted by atomic mass is 16.6. The SMILES string of the molecule is COc1ccccc1OCCNC(=O)CN1CCN(c2ccc([N+](=O)[O-])cc2)CC1. The predicted octanol–water partition coefficient (Wildman–Crippen LogP) is 1.92. The monoisotopic (exact) mass is 414 g/mol. The molecule has 0 unspecified atom stereocenters. The standard InChI is InChI=1S/C21H26N4O5/c1-29-19-4-2-3-5-20(19)30-15-10-22-21(26)16-23-11-13-24(14-12-23)17-6-8-18(9-7-17)25(27)28/h2-9H,10-16H2,1H3,(H,22,26). The minimum absolute atomic E-state index is 0.0394. The number of ether oxygens (including phenoxy) is 2. The number of hydrogen-bond acceptors (Lipinski definition) is 7. The van der Waals surface area contributed by atoms with E-state index in [0.717, 1.165) is 31.9 Å². The van der Waals surface area contributed by atoms with Gasteiger partial charge in [0.15, 0.2) is 11.5 Å². The number of nitro groups is 1. The second-order valence-electron chi connectivity index (χ2n) is 6.89. The molecule has 0 aromatic heterocycles. The van der Waals surface area contributed by atoms with Gasteiger partial charge in [-0.05, 0) is 24.3 Å². The van der Waals surface area contributed by atoms with E-state index in [-0.39, 0.29) is 11.6 Å². The van der Waals surface area contributed by atoms with Gasteiger partial charge < -0.3 is 19.7 Å². The molecule has 1 aliphatic heterocycles. The summed E-state index contributed by atoms with van der Waals surface area (Å²) in [4.78, 5) is 26.8. The lowest BCUT2D eigenvalue weighted by Crippen LogP contribution is -2.49. The highest BCUT2D eigenvalue weighted by Crippen LogP contribution is 2.25. The molecule has 0 saturated carbocycles. The van der Waals surface area contributed by atoms with Gasteiger partial charge in [0.25, 0.3) is 5.69 Å². The molecule has 0 radical (unpaired) electrons. The second-order valence-corrected chi connectivity index (χ2v) is 6.89. The number of nitro benzene ring substituents is 1. The Morgan fingerprint density at radius 3 is 2.37 bits per heavy atom. The normalized spacial score (nSPS) is 14.2. The summed E-state index contributed by atoms with van der Waals surface area (Å²) in [6.45, 7) is 4.15. The molecule has 1 fully saturated rings. The summed E-state index contributed by atoms with van der Waals surface area (Å²) in [5.41, 5.74) is 1.04. The number of carbonyl (C=O) groups is 1. The van der Waals surface area contributed by atoms with Crippen LogP contribution in [0.15, 0.2) is 48.5 Å². The van der Waals surface area contributed by atoms with E-state index in [1.807, 2.05) is 24.3 Å². The highest BCUT2D eigenvalue weighted by molar-refractivity contribution is 5.78. The first-order chi connectivity index (χ1) is 14.6. The first kappa shape index (κ1) is 21.4. The van der Waals surface area contributed by atoms with E-state index in [2.05, 4.69) is 15.1 Å². The molecule has 30 heavy (non-hydrogen) atoms. The number of carbonyl (C=O) groups excluding carboxylic acids is 1. The zero-order chi connectivity index (χ0) is 21.3. The topological polar surface area (TPSA) is 97.2 Å². The predicted molar refractivity (Wildman–Crippen MR) is 113 cm³/mol.